The molecule has 0 radical (unpaired) electrons. The Morgan fingerprint density at radius 2 is 2.21 bits per heavy atom. The molecule has 148 valence electrons. The highest BCUT2D eigenvalue weighted by atomic mass is 16.5. The van der Waals surface area contributed by atoms with E-state index in [1.807, 2.05) is 6.20 Å². The average molecular weight is 382 g/mol. The Morgan fingerprint density at radius 1 is 1.36 bits per heavy atom. The summed E-state index contributed by atoms with van der Waals surface area (Å²) < 4.78 is 8.84. The molecule has 2 atom stereocenters. The number of anilines is 2. The zero-order chi connectivity index (χ0) is 19.7. The fourth-order valence-electron chi connectivity index (χ4n) is 3.67. The summed E-state index contributed by atoms with van der Waals surface area (Å²) >= 11 is 0. The number of hydrogen-bond acceptors (Lipinski definition) is 6. The van der Waals surface area contributed by atoms with Crippen LogP contribution >= 0.6 is 0 Å². The van der Waals surface area contributed by atoms with Gasteiger partial charge in [-0.15, -0.1) is 0 Å². The van der Waals surface area contributed by atoms with Gasteiger partial charge in [0, 0.05) is 36.9 Å². The number of ether oxygens (including phenoxy) is 1. The van der Waals surface area contributed by atoms with E-state index in [0.717, 1.165) is 29.7 Å². The molecule has 0 spiro atoms. The first-order valence-corrected chi connectivity index (χ1v) is 9.85. The molecule has 0 bridgehead atoms. The summed E-state index contributed by atoms with van der Waals surface area (Å²) in [7, 11) is 0. The molecule has 0 aromatic carbocycles. The number of cyclic esters (lactones) is 1. The van der Waals surface area contributed by atoms with Crippen molar-refractivity contribution in [3.05, 3.63) is 30.9 Å². The molecule has 1 fully saturated rings. The molecule has 0 amide bonds. The minimum atomic E-state index is -0.349. The van der Waals surface area contributed by atoms with E-state index < -0.39 is 0 Å². The molecule has 4 rings (SSSR count). The van der Waals surface area contributed by atoms with Crippen molar-refractivity contribution in [2.45, 2.75) is 46.2 Å². The van der Waals surface area contributed by atoms with Gasteiger partial charge in [-0.25, -0.2) is 9.78 Å². The van der Waals surface area contributed by atoms with Crippen LogP contribution < -0.4 is 5.32 Å². The first-order chi connectivity index (χ1) is 13.5. The fourth-order valence-corrected chi connectivity index (χ4v) is 3.67. The summed E-state index contributed by atoms with van der Waals surface area (Å²) in [4.78, 5) is 20.8. The summed E-state index contributed by atoms with van der Waals surface area (Å²) in [6.45, 7) is 8.14. The van der Waals surface area contributed by atoms with E-state index in [1.54, 1.807) is 17.1 Å². The molecule has 1 aliphatic heterocycles. The molecular weight excluding hydrogens is 356 g/mol. The van der Waals surface area contributed by atoms with Gasteiger partial charge in [0.05, 0.1) is 18.5 Å². The molecule has 0 saturated carbocycles. The molecule has 8 nitrogen and oxygen atoms in total. The number of rotatable bonds is 7. The number of carbonyl (C=O) groups excluding carboxylic acids is 1. The van der Waals surface area contributed by atoms with Crippen molar-refractivity contribution in [1.82, 2.24) is 24.3 Å². The lowest BCUT2D eigenvalue weighted by Gasteiger charge is -2.20. The van der Waals surface area contributed by atoms with Crippen molar-refractivity contribution in [2.75, 3.05) is 11.9 Å². The summed E-state index contributed by atoms with van der Waals surface area (Å²) in [5.41, 5.74) is 1.66. The van der Waals surface area contributed by atoms with Crippen molar-refractivity contribution >= 4 is 28.6 Å². The first kappa shape index (κ1) is 18.5. The van der Waals surface area contributed by atoms with E-state index in [4.69, 9.17) is 9.72 Å². The van der Waals surface area contributed by atoms with Gasteiger partial charge in [-0.1, -0.05) is 27.2 Å². The maximum atomic E-state index is 11.7. The Hall–Kier alpha value is -2.90. The maximum Gasteiger partial charge on any atom is 0.331 e. The van der Waals surface area contributed by atoms with Crippen LogP contribution in [-0.2, 0) is 16.1 Å². The monoisotopic (exact) mass is 382 g/mol. The van der Waals surface area contributed by atoms with E-state index in [-0.39, 0.29) is 12.0 Å². The van der Waals surface area contributed by atoms with Gasteiger partial charge < -0.3 is 14.6 Å². The average Bonchev–Trinajstić information content (AvgIpc) is 3.39. The SMILES string of the molecule is CCC(Cn1ccc2cnc(Nc3cnn(C4CCOC4=O)c3)nc21)C(C)C. The fraction of sp³-hybridized carbons (Fsp3) is 0.500. The summed E-state index contributed by atoms with van der Waals surface area (Å²) in [5, 5.41) is 8.49. The van der Waals surface area contributed by atoms with Crippen LogP contribution in [0.1, 0.15) is 39.7 Å². The molecular formula is C20H26N6O2. The second-order valence-corrected chi connectivity index (χ2v) is 7.66. The van der Waals surface area contributed by atoms with Gasteiger partial charge in [-0.2, -0.15) is 10.1 Å². The Labute approximate surface area is 163 Å². The molecule has 1 saturated heterocycles. The second-order valence-electron chi connectivity index (χ2n) is 7.66. The van der Waals surface area contributed by atoms with Crippen LogP contribution in [-0.4, -0.2) is 36.9 Å². The minimum Gasteiger partial charge on any atom is -0.464 e. The number of fused-ring (bicyclic) bond motifs is 1. The summed E-state index contributed by atoms with van der Waals surface area (Å²) in [5.74, 6) is 1.50. The Balaban J connectivity index is 1.54. The molecule has 0 aliphatic carbocycles. The van der Waals surface area contributed by atoms with Crippen LogP contribution in [0, 0.1) is 11.8 Å². The highest BCUT2D eigenvalue weighted by molar-refractivity contribution is 5.77. The van der Waals surface area contributed by atoms with E-state index in [9.17, 15) is 4.79 Å². The molecule has 3 aromatic heterocycles. The Bertz CT molecular complexity index is 976. The Kier molecular flexibility index (Phi) is 5.02. The van der Waals surface area contributed by atoms with Crippen molar-refractivity contribution in [3.8, 4) is 0 Å². The molecule has 28 heavy (non-hydrogen) atoms. The van der Waals surface area contributed by atoms with Gasteiger partial charge in [0.25, 0.3) is 0 Å². The minimum absolute atomic E-state index is 0.235. The predicted molar refractivity (Wildman–Crippen MR) is 106 cm³/mol. The zero-order valence-electron chi connectivity index (χ0n) is 16.5. The second kappa shape index (κ2) is 7.61. The number of nitrogens with zero attached hydrogens (tertiary/aromatic N) is 5. The summed E-state index contributed by atoms with van der Waals surface area (Å²) in [6, 6.07) is 1.70. The third-order valence-electron chi connectivity index (χ3n) is 5.49. The lowest BCUT2D eigenvalue weighted by atomic mass is 9.93. The molecule has 4 heterocycles. The highest BCUT2D eigenvalue weighted by Crippen LogP contribution is 2.24. The lowest BCUT2D eigenvalue weighted by molar-refractivity contribution is -0.140. The van der Waals surface area contributed by atoms with Crippen LogP contribution in [0.25, 0.3) is 11.0 Å². The number of hydrogen-bond donors (Lipinski definition) is 1. The number of esters is 1. The number of carbonyl (C=O) groups is 1. The predicted octanol–water partition coefficient (Wildman–Crippen LogP) is 3.54. The molecule has 8 heteroatoms. The standard InChI is InChI=1S/C20H26N6O2/c1-4-14(13(2)3)11-25-7-5-15-9-21-20(24-18(15)25)23-16-10-22-26(12-16)17-6-8-28-19(17)27/h5,7,9-10,12-14,17H,4,6,8,11H2,1-3H3,(H,21,23,24). The first-order valence-electron chi connectivity index (χ1n) is 9.85. The van der Waals surface area contributed by atoms with E-state index >= 15 is 0 Å². The number of aromatic nitrogens is 5. The lowest BCUT2D eigenvalue weighted by Crippen LogP contribution is -2.15. The van der Waals surface area contributed by atoms with Crippen molar-refractivity contribution in [3.63, 3.8) is 0 Å². The quantitative estimate of drug-likeness (QED) is 0.629. The normalized spacial score (nSPS) is 18.0. The van der Waals surface area contributed by atoms with E-state index in [2.05, 4.69) is 53.0 Å². The largest absolute Gasteiger partial charge is 0.464 e. The van der Waals surface area contributed by atoms with Crippen molar-refractivity contribution in [2.24, 2.45) is 11.8 Å². The van der Waals surface area contributed by atoms with Crippen molar-refractivity contribution in [1.29, 1.82) is 0 Å². The third-order valence-corrected chi connectivity index (χ3v) is 5.49. The zero-order valence-corrected chi connectivity index (χ0v) is 16.5. The van der Waals surface area contributed by atoms with Crippen LogP contribution in [0.2, 0.25) is 0 Å². The van der Waals surface area contributed by atoms with Gasteiger partial charge >= 0.3 is 5.97 Å². The third kappa shape index (κ3) is 3.58. The molecule has 1 N–H and O–H groups in total. The topological polar surface area (TPSA) is 86.9 Å². The van der Waals surface area contributed by atoms with E-state index in [0.29, 0.717) is 30.8 Å². The maximum absolute atomic E-state index is 11.7. The van der Waals surface area contributed by atoms with Crippen LogP contribution in [0.4, 0.5) is 11.6 Å². The van der Waals surface area contributed by atoms with E-state index in [1.165, 1.54) is 0 Å². The Morgan fingerprint density at radius 3 is 2.93 bits per heavy atom. The van der Waals surface area contributed by atoms with Crippen LogP contribution in [0.5, 0.6) is 0 Å². The van der Waals surface area contributed by atoms with Gasteiger partial charge in [0.15, 0.2) is 6.04 Å². The van der Waals surface area contributed by atoms with Crippen LogP contribution in [0.3, 0.4) is 0 Å². The van der Waals surface area contributed by atoms with Gasteiger partial charge in [0.2, 0.25) is 5.95 Å². The highest BCUT2D eigenvalue weighted by Gasteiger charge is 2.28. The smallest absolute Gasteiger partial charge is 0.331 e. The molecule has 1 aliphatic rings. The van der Waals surface area contributed by atoms with Gasteiger partial charge in [0.1, 0.15) is 5.65 Å². The van der Waals surface area contributed by atoms with Crippen LogP contribution in [0.15, 0.2) is 30.9 Å². The summed E-state index contributed by atoms with van der Waals surface area (Å²) in [6.07, 6.45) is 9.15. The number of nitrogens with one attached hydrogen (secondary N) is 1. The van der Waals surface area contributed by atoms with Gasteiger partial charge in [-0.05, 0) is 17.9 Å². The molecule has 3 aromatic rings. The molecule has 2 unspecified atom stereocenters. The van der Waals surface area contributed by atoms with Crippen molar-refractivity contribution < 1.29 is 9.53 Å². The van der Waals surface area contributed by atoms with Gasteiger partial charge in [-0.3, -0.25) is 4.68 Å².